The van der Waals surface area contributed by atoms with Crippen LogP contribution in [0.2, 0.25) is 5.02 Å². The molecule has 7 heteroatoms. The molecule has 128 valence electrons. The van der Waals surface area contributed by atoms with Gasteiger partial charge in [-0.2, -0.15) is 0 Å². The zero-order valence-corrected chi connectivity index (χ0v) is 14.2. The highest BCUT2D eigenvalue weighted by atomic mass is 35.5. The number of benzene rings is 1. The predicted molar refractivity (Wildman–Crippen MR) is 92.2 cm³/mol. The molecule has 6 nitrogen and oxygen atoms in total. The molecule has 0 spiro atoms. The summed E-state index contributed by atoms with van der Waals surface area (Å²) in [6.07, 6.45) is 0.866. The normalized spacial score (nSPS) is 17.4. The van der Waals surface area contributed by atoms with E-state index in [2.05, 4.69) is 4.98 Å². The van der Waals surface area contributed by atoms with Crippen LogP contribution in [0.3, 0.4) is 0 Å². The number of hydrogen-bond donors (Lipinski definition) is 1. The van der Waals surface area contributed by atoms with Crippen LogP contribution in [-0.4, -0.2) is 40.3 Å². The summed E-state index contributed by atoms with van der Waals surface area (Å²) < 4.78 is 5.42. The molecule has 0 saturated carbocycles. The minimum Gasteiger partial charge on any atom is -0.463 e. The first-order chi connectivity index (χ1) is 12.0. The SMILES string of the molecule is Cc1c(Cl)ccc2c(C(=O)N3CC(O)CO3)cc(-c3ccco3)nc12. The zero-order valence-electron chi connectivity index (χ0n) is 13.4. The Balaban J connectivity index is 1.92. The molecule has 1 aliphatic rings. The van der Waals surface area contributed by atoms with E-state index in [1.807, 2.05) is 6.92 Å². The van der Waals surface area contributed by atoms with E-state index in [0.717, 1.165) is 5.56 Å². The van der Waals surface area contributed by atoms with Crippen LogP contribution in [0.15, 0.2) is 41.0 Å². The topological polar surface area (TPSA) is 75.8 Å². The predicted octanol–water partition coefficient (Wildman–Crippen LogP) is 3.20. The van der Waals surface area contributed by atoms with E-state index in [1.54, 1.807) is 36.6 Å². The molecule has 1 saturated heterocycles. The highest BCUT2D eigenvalue weighted by Crippen LogP contribution is 2.31. The first-order valence-corrected chi connectivity index (χ1v) is 8.19. The largest absolute Gasteiger partial charge is 0.463 e. The van der Waals surface area contributed by atoms with E-state index in [4.69, 9.17) is 20.9 Å². The van der Waals surface area contributed by atoms with Gasteiger partial charge in [0.15, 0.2) is 5.76 Å². The Morgan fingerprint density at radius 2 is 2.24 bits per heavy atom. The van der Waals surface area contributed by atoms with Gasteiger partial charge in [-0.3, -0.25) is 9.63 Å². The van der Waals surface area contributed by atoms with Crippen molar-refractivity contribution in [3.05, 3.63) is 52.7 Å². The van der Waals surface area contributed by atoms with Crippen molar-refractivity contribution in [3.63, 3.8) is 0 Å². The number of aromatic nitrogens is 1. The number of fused-ring (bicyclic) bond motifs is 1. The Hall–Kier alpha value is -2.41. The zero-order chi connectivity index (χ0) is 17.6. The fourth-order valence-electron chi connectivity index (χ4n) is 2.88. The second-order valence-corrected chi connectivity index (χ2v) is 6.32. The number of hydrogen-bond acceptors (Lipinski definition) is 5. The van der Waals surface area contributed by atoms with Gasteiger partial charge in [-0.25, -0.2) is 10.0 Å². The molecule has 1 fully saturated rings. The number of aryl methyl sites for hydroxylation is 1. The van der Waals surface area contributed by atoms with Crippen molar-refractivity contribution in [2.75, 3.05) is 13.2 Å². The monoisotopic (exact) mass is 358 g/mol. The molecule has 0 aliphatic carbocycles. The van der Waals surface area contributed by atoms with E-state index in [9.17, 15) is 9.90 Å². The number of nitrogens with zero attached hydrogens (tertiary/aromatic N) is 2. The second-order valence-electron chi connectivity index (χ2n) is 5.92. The molecule has 0 bridgehead atoms. The van der Waals surface area contributed by atoms with E-state index >= 15 is 0 Å². The summed E-state index contributed by atoms with van der Waals surface area (Å²) >= 11 is 6.23. The lowest BCUT2D eigenvalue weighted by atomic mass is 10.0. The average molecular weight is 359 g/mol. The van der Waals surface area contributed by atoms with Crippen molar-refractivity contribution in [1.29, 1.82) is 0 Å². The number of aliphatic hydroxyl groups is 1. The van der Waals surface area contributed by atoms with Crippen molar-refractivity contribution in [2.24, 2.45) is 0 Å². The number of rotatable bonds is 2. The summed E-state index contributed by atoms with van der Waals surface area (Å²) in [5, 5.41) is 12.1. The standard InChI is InChI=1S/C18H15ClN2O4/c1-10-14(19)5-4-12-13(18(23)21-8-11(22)9-25-21)7-15(20-17(10)12)16-3-2-6-24-16/h2-7,11,22H,8-9H2,1H3. The van der Waals surface area contributed by atoms with Crippen molar-refractivity contribution in [2.45, 2.75) is 13.0 Å². The number of β-amino-alcohol motifs (C(OH)–C–C–N with tert-alkyl or cyclic N) is 1. The molecule has 25 heavy (non-hydrogen) atoms. The van der Waals surface area contributed by atoms with Gasteiger partial charge in [-0.1, -0.05) is 17.7 Å². The Kier molecular flexibility index (Phi) is 3.95. The summed E-state index contributed by atoms with van der Waals surface area (Å²) in [7, 11) is 0. The Morgan fingerprint density at radius 1 is 1.40 bits per heavy atom. The molecule has 4 rings (SSSR count). The smallest absolute Gasteiger partial charge is 0.278 e. The Labute approximate surface area is 148 Å². The van der Waals surface area contributed by atoms with Crippen LogP contribution in [-0.2, 0) is 4.84 Å². The van der Waals surface area contributed by atoms with E-state index < -0.39 is 6.10 Å². The van der Waals surface area contributed by atoms with Gasteiger partial charge < -0.3 is 9.52 Å². The number of furan rings is 1. The van der Waals surface area contributed by atoms with E-state index in [1.165, 1.54) is 5.06 Å². The van der Waals surface area contributed by atoms with Gasteiger partial charge in [0.2, 0.25) is 0 Å². The van der Waals surface area contributed by atoms with Gasteiger partial charge in [0.25, 0.3) is 5.91 Å². The van der Waals surface area contributed by atoms with Crippen molar-refractivity contribution in [1.82, 2.24) is 10.0 Å². The molecule has 3 heterocycles. The first-order valence-electron chi connectivity index (χ1n) is 7.81. The molecule has 1 aliphatic heterocycles. The average Bonchev–Trinajstić information content (AvgIpc) is 3.28. The molecule has 1 atom stereocenters. The van der Waals surface area contributed by atoms with E-state index in [-0.39, 0.29) is 19.1 Å². The summed E-state index contributed by atoms with van der Waals surface area (Å²) in [6, 6.07) is 8.71. The fraction of sp³-hybridized carbons (Fsp3) is 0.222. The quantitative estimate of drug-likeness (QED) is 0.761. The maximum Gasteiger partial charge on any atom is 0.278 e. The number of halogens is 1. The number of pyridine rings is 1. The summed E-state index contributed by atoms with van der Waals surface area (Å²) in [4.78, 5) is 22.8. The minimum atomic E-state index is -0.683. The van der Waals surface area contributed by atoms with Gasteiger partial charge >= 0.3 is 0 Å². The number of carbonyl (C=O) groups is 1. The molecular weight excluding hydrogens is 344 g/mol. The molecule has 1 aromatic carbocycles. The van der Waals surface area contributed by atoms with Crippen molar-refractivity contribution < 1.29 is 19.2 Å². The van der Waals surface area contributed by atoms with Crippen LogP contribution in [0.25, 0.3) is 22.4 Å². The minimum absolute atomic E-state index is 0.102. The first kappa shape index (κ1) is 16.1. The summed E-state index contributed by atoms with van der Waals surface area (Å²) in [5.74, 6) is 0.219. The molecule has 1 amide bonds. The summed E-state index contributed by atoms with van der Waals surface area (Å²) in [6.45, 7) is 2.09. The third-order valence-corrected chi connectivity index (χ3v) is 4.61. The number of aliphatic hydroxyl groups excluding tert-OH is 1. The second kappa shape index (κ2) is 6.15. The highest BCUT2D eigenvalue weighted by molar-refractivity contribution is 6.32. The van der Waals surface area contributed by atoms with Crippen LogP contribution >= 0.6 is 11.6 Å². The molecule has 1 N–H and O–H groups in total. The van der Waals surface area contributed by atoms with Crippen LogP contribution in [0.5, 0.6) is 0 Å². The van der Waals surface area contributed by atoms with Crippen molar-refractivity contribution >= 4 is 28.4 Å². The molecule has 3 aromatic rings. The van der Waals surface area contributed by atoms with Crippen LogP contribution in [0.1, 0.15) is 15.9 Å². The number of hydroxylamine groups is 2. The van der Waals surface area contributed by atoms with Gasteiger partial charge in [0.05, 0.1) is 23.9 Å². The number of carbonyl (C=O) groups excluding carboxylic acids is 1. The molecule has 0 radical (unpaired) electrons. The van der Waals surface area contributed by atoms with Crippen LogP contribution in [0, 0.1) is 6.92 Å². The van der Waals surface area contributed by atoms with Crippen LogP contribution < -0.4 is 0 Å². The van der Waals surface area contributed by atoms with Gasteiger partial charge in [-0.05, 0) is 36.8 Å². The highest BCUT2D eigenvalue weighted by Gasteiger charge is 2.29. The maximum atomic E-state index is 12.9. The third kappa shape index (κ3) is 2.78. The fourth-order valence-corrected chi connectivity index (χ4v) is 3.03. The Bertz CT molecular complexity index is 955. The lowest BCUT2D eigenvalue weighted by molar-refractivity contribution is -0.0778. The molecule has 1 unspecified atom stereocenters. The lowest BCUT2D eigenvalue weighted by Crippen LogP contribution is -2.28. The molecular formula is C18H15ClN2O4. The molecule has 2 aromatic heterocycles. The van der Waals surface area contributed by atoms with E-state index in [0.29, 0.717) is 32.9 Å². The van der Waals surface area contributed by atoms with Gasteiger partial charge in [0, 0.05) is 10.4 Å². The van der Waals surface area contributed by atoms with Gasteiger partial charge in [-0.15, -0.1) is 0 Å². The number of amides is 1. The van der Waals surface area contributed by atoms with Crippen LogP contribution in [0.4, 0.5) is 0 Å². The van der Waals surface area contributed by atoms with Gasteiger partial charge in [0.1, 0.15) is 18.4 Å². The lowest BCUT2D eigenvalue weighted by Gasteiger charge is -2.16. The third-order valence-electron chi connectivity index (χ3n) is 4.20. The Morgan fingerprint density at radius 3 is 2.92 bits per heavy atom. The maximum absolute atomic E-state index is 12.9. The summed E-state index contributed by atoms with van der Waals surface area (Å²) in [5.41, 5.74) is 2.37. The van der Waals surface area contributed by atoms with Crippen molar-refractivity contribution in [3.8, 4) is 11.5 Å².